The Morgan fingerprint density at radius 3 is 2.81 bits per heavy atom. The highest BCUT2D eigenvalue weighted by Crippen LogP contribution is 2.25. The maximum Gasteiger partial charge on any atom is 0.387 e. The van der Waals surface area contributed by atoms with E-state index in [9.17, 15) is 8.78 Å². The summed E-state index contributed by atoms with van der Waals surface area (Å²) < 4.78 is 35.8. The smallest absolute Gasteiger partial charge is 0.387 e. The Kier molecular flexibility index (Phi) is 9.07. The molecule has 1 aliphatic rings. The SMILES string of the molecule is CCNC(=NCc1cc(Br)ccc1OC(F)F)NCCN1CCOCC1. The third kappa shape index (κ3) is 7.43. The Labute approximate surface area is 161 Å². The number of morpholine rings is 1. The molecule has 2 rings (SSSR count). The van der Waals surface area contributed by atoms with Gasteiger partial charge in [0.15, 0.2) is 5.96 Å². The maximum atomic E-state index is 12.6. The second-order valence-corrected chi connectivity index (χ2v) is 6.62. The van der Waals surface area contributed by atoms with Crippen LogP contribution in [-0.2, 0) is 11.3 Å². The zero-order valence-electron chi connectivity index (χ0n) is 14.8. The van der Waals surface area contributed by atoms with Crippen LogP contribution >= 0.6 is 15.9 Å². The van der Waals surface area contributed by atoms with Crippen molar-refractivity contribution in [3.63, 3.8) is 0 Å². The second kappa shape index (κ2) is 11.3. The molecule has 0 saturated carbocycles. The van der Waals surface area contributed by atoms with Gasteiger partial charge in [-0.1, -0.05) is 15.9 Å². The van der Waals surface area contributed by atoms with Crippen molar-refractivity contribution in [1.29, 1.82) is 0 Å². The number of guanidine groups is 1. The van der Waals surface area contributed by atoms with Gasteiger partial charge in [-0.15, -0.1) is 0 Å². The zero-order valence-corrected chi connectivity index (χ0v) is 16.4. The van der Waals surface area contributed by atoms with Crippen molar-refractivity contribution >= 4 is 21.9 Å². The minimum atomic E-state index is -2.86. The van der Waals surface area contributed by atoms with Crippen LogP contribution < -0.4 is 15.4 Å². The maximum absolute atomic E-state index is 12.6. The van der Waals surface area contributed by atoms with Crippen LogP contribution in [0.2, 0.25) is 0 Å². The number of halogens is 3. The molecule has 1 aromatic carbocycles. The van der Waals surface area contributed by atoms with Gasteiger partial charge in [-0.25, -0.2) is 4.99 Å². The molecule has 0 spiro atoms. The molecule has 0 aliphatic carbocycles. The van der Waals surface area contributed by atoms with E-state index in [4.69, 9.17) is 4.74 Å². The Balaban J connectivity index is 1.93. The van der Waals surface area contributed by atoms with Crippen LogP contribution in [0, 0.1) is 0 Å². The number of nitrogens with zero attached hydrogens (tertiary/aromatic N) is 2. The molecule has 2 N–H and O–H groups in total. The number of aliphatic imine (C=N–C) groups is 1. The summed E-state index contributed by atoms with van der Waals surface area (Å²) in [5.41, 5.74) is 0.588. The van der Waals surface area contributed by atoms with E-state index in [0.717, 1.165) is 43.9 Å². The fraction of sp³-hybridized carbons (Fsp3) is 0.588. The molecule has 1 aliphatic heterocycles. The average molecular weight is 435 g/mol. The van der Waals surface area contributed by atoms with E-state index in [0.29, 0.717) is 18.1 Å². The molecule has 0 amide bonds. The molecule has 9 heteroatoms. The molecular formula is C17H25BrF2N4O2. The Morgan fingerprint density at radius 2 is 2.12 bits per heavy atom. The van der Waals surface area contributed by atoms with Crippen molar-refractivity contribution in [3.05, 3.63) is 28.2 Å². The van der Waals surface area contributed by atoms with Gasteiger partial charge in [0.05, 0.1) is 19.8 Å². The first-order valence-electron chi connectivity index (χ1n) is 8.64. The zero-order chi connectivity index (χ0) is 18.8. The van der Waals surface area contributed by atoms with Crippen molar-refractivity contribution in [1.82, 2.24) is 15.5 Å². The summed E-state index contributed by atoms with van der Waals surface area (Å²) in [6.07, 6.45) is 0. The van der Waals surface area contributed by atoms with Crippen molar-refractivity contribution in [3.8, 4) is 5.75 Å². The predicted molar refractivity (Wildman–Crippen MR) is 101 cm³/mol. The fourth-order valence-corrected chi connectivity index (χ4v) is 2.95. The molecule has 0 atom stereocenters. The number of hydrogen-bond donors (Lipinski definition) is 2. The lowest BCUT2D eigenvalue weighted by Gasteiger charge is -2.26. The first-order chi connectivity index (χ1) is 12.6. The molecule has 0 aromatic heterocycles. The Hall–Kier alpha value is -1.45. The number of alkyl halides is 2. The minimum Gasteiger partial charge on any atom is -0.434 e. The summed E-state index contributed by atoms with van der Waals surface area (Å²) in [4.78, 5) is 6.80. The molecule has 1 saturated heterocycles. The van der Waals surface area contributed by atoms with Gasteiger partial charge in [0.25, 0.3) is 0 Å². The average Bonchev–Trinajstić information content (AvgIpc) is 2.62. The Morgan fingerprint density at radius 1 is 1.35 bits per heavy atom. The molecule has 1 heterocycles. The summed E-state index contributed by atoms with van der Waals surface area (Å²) >= 11 is 3.35. The van der Waals surface area contributed by atoms with Crippen molar-refractivity contribution in [2.24, 2.45) is 4.99 Å². The van der Waals surface area contributed by atoms with Gasteiger partial charge in [0.2, 0.25) is 0 Å². The molecule has 1 fully saturated rings. The highest BCUT2D eigenvalue weighted by Gasteiger charge is 2.11. The fourth-order valence-electron chi connectivity index (χ4n) is 2.55. The third-order valence-corrected chi connectivity index (χ3v) is 4.31. The standard InChI is InChI=1S/C17H25BrF2N4O2/c1-2-21-17(22-5-6-24-7-9-25-10-8-24)23-12-13-11-14(18)3-4-15(13)26-16(19)20/h3-4,11,16H,2,5-10,12H2,1H3,(H2,21,22,23). The van der Waals surface area contributed by atoms with E-state index in [-0.39, 0.29) is 12.3 Å². The van der Waals surface area contributed by atoms with Crippen LogP contribution in [0.4, 0.5) is 8.78 Å². The predicted octanol–water partition coefficient (Wildman–Crippen LogP) is 2.44. The largest absolute Gasteiger partial charge is 0.434 e. The van der Waals surface area contributed by atoms with Crippen LogP contribution in [0.5, 0.6) is 5.75 Å². The first-order valence-corrected chi connectivity index (χ1v) is 9.43. The highest BCUT2D eigenvalue weighted by atomic mass is 79.9. The summed E-state index contributed by atoms with van der Waals surface area (Å²) in [5.74, 6) is 0.778. The summed E-state index contributed by atoms with van der Waals surface area (Å²) in [5, 5.41) is 6.43. The van der Waals surface area contributed by atoms with Gasteiger partial charge >= 0.3 is 6.61 Å². The lowest BCUT2D eigenvalue weighted by atomic mass is 10.2. The normalized spacial score (nSPS) is 16.0. The molecular weight excluding hydrogens is 410 g/mol. The van der Waals surface area contributed by atoms with Crippen LogP contribution in [0.1, 0.15) is 12.5 Å². The molecule has 146 valence electrons. The van der Waals surface area contributed by atoms with Gasteiger partial charge in [-0.05, 0) is 25.1 Å². The van der Waals surface area contributed by atoms with Gasteiger partial charge in [-0.3, -0.25) is 4.90 Å². The van der Waals surface area contributed by atoms with E-state index < -0.39 is 6.61 Å². The molecule has 6 nitrogen and oxygen atoms in total. The number of benzene rings is 1. The van der Waals surface area contributed by atoms with Crippen LogP contribution in [0.3, 0.4) is 0 Å². The summed E-state index contributed by atoms with van der Waals surface area (Å²) in [6, 6.07) is 4.91. The number of rotatable bonds is 8. The van der Waals surface area contributed by atoms with Crippen molar-refractivity contribution < 1.29 is 18.3 Å². The lowest BCUT2D eigenvalue weighted by molar-refractivity contribution is -0.0504. The second-order valence-electron chi connectivity index (χ2n) is 5.71. The molecule has 0 unspecified atom stereocenters. The monoisotopic (exact) mass is 434 g/mol. The molecule has 26 heavy (non-hydrogen) atoms. The summed E-state index contributed by atoms with van der Waals surface area (Å²) in [6.45, 7) is 5.09. The number of nitrogens with one attached hydrogen (secondary N) is 2. The molecule has 0 bridgehead atoms. The topological polar surface area (TPSA) is 58.1 Å². The highest BCUT2D eigenvalue weighted by molar-refractivity contribution is 9.10. The van der Waals surface area contributed by atoms with E-state index >= 15 is 0 Å². The summed E-state index contributed by atoms with van der Waals surface area (Å²) in [7, 11) is 0. The van der Waals surface area contributed by atoms with Crippen LogP contribution in [0.25, 0.3) is 0 Å². The third-order valence-electron chi connectivity index (χ3n) is 3.81. The van der Waals surface area contributed by atoms with E-state index in [1.165, 1.54) is 6.07 Å². The first kappa shape index (κ1) is 20.9. The van der Waals surface area contributed by atoms with Gasteiger partial charge < -0.3 is 20.1 Å². The van der Waals surface area contributed by atoms with E-state index in [1.807, 2.05) is 6.92 Å². The quantitative estimate of drug-likeness (QED) is 0.486. The van der Waals surface area contributed by atoms with Crippen molar-refractivity contribution in [2.45, 2.75) is 20.1 Å². The van der Waals surface area contributed by atoms with Gasteiger partial charge in [0, 0.05) is 42.8 Å². The van der Waals surface area contributed by atoms with Crippen LogP contribution in [-0.4, -0.2) is 63.4 Å². The lowest BCUT2D eigenvalue weighted by Crippen LogP contribution is -2.44. The molecule has 1 aromatic rings. The van der Waals surface area contributed by atoms with Crippen molar-refractivity contribution in [2.75, 3.05) is 45.9 Å². The van der Waals surface area contributed by atoms with Gasteiger partial charge in [0.1, 0.15) is 5.75 Å². The van der Waals surface area contributed by atoms with Crippen LogP contribution in [0.15, 0.2) is 27.7 Å². The van der Waals surface area contributed by atoms with Gasteiger partial charge in [-0.2, -0.15) is 8.78 Å². The molecule has 0 radical (unpaired) electrons. The Bertz CT molecular complexity index is 584. The number of hydrogen-bond acceptors (Lipinski definition) is 4. The van der Waals surface area contributed by atoms with E-state index in [1.54, 1.807) is 12.1 Å². The minimum absolute atomic E-state index is 0.135. The number of ether oxygens (including phenoxy) is 2. The van der Waals surface area contributed by atoms with E-state index in [2.05, 4.69) is 41.2 Å².